The number of allylic oxidation sites excluding steroid dienone is 2. The van der Waals surface area contributed by atoms with Crippen LogP contribution in [0.3, 0.4) is 0 Å². The number of hydrogen-bond acceptors (Lipinski definition) is 9. The molecule has 5 aliphatic rings. The van der Waals surface area contributed by atoms with E-state index in [1.165, 1.54) is 17.8 Å². The lowest BCUT2D eigenvalue weighted by molar-refractivity contribution is 0.204. The van der Waals surface area contributed by atoms with Crippen LogP contribution in [-0.2, 0) is 13.5 Å². The zero-order valence-corrected chi connectivity index (χ0v) is 35.0. The molecule has 0 spiro atoms. The van der Waals surface area contributed by atoms with Gasteiger partial charge in [-0.2, -0.15) is 5.10 Å². The Balaban J connectivity index is 0.864. The fraction of sp³-hybridized carbons (Fsp3) is 0.396. The molecule has 9 rings (SSSR count). The van der Waals surface area contributed by atoms with E-state index in [9.17, 15) is 0 Å². The summed E-state index contributed by atoms with van der Waals surface area (Å²) in [6.45, 7) is 23.7. The Morgan fingerprint density at radius 2 is 1.57 bits per heavy atom. The number of fused-ring (bicyclic) bond motifs is 7. The van der Waals surface area contributed by atoms with Gasteiger partial charge in [-0.1, -0.05) is 39.2 Å². The highest BCUT2D eigenvalue weighted by Gasteiger charge is 2.33. The van der Waals surface area contributed by atoms with E-state index >= 15 is 8.78 Å². The van der Waals surface area contributed by atoms with E-state index in [0.29, 0.717) is 36.0 Å². The van der Waals surface area contributed by atoms with Crippen molar-refractivity contribution in [1.82, 2.24) is 25.0 Å². The number of aromatic nitrogens is 3. The molecule has 0 radical (unpaired) electrons. The van der Waals surface area contributed by atoms with Crippen molar-refractivity contribution < 1.29 is 8.78 Å². The zero-order chi connectivity index (χ0) is 41.7. The first-order valence-corrected chi connectivity index (χ1v) is 21.5. The Kier molecular flexibility index (Phi) is 10.7. The standard InChI is InChI=1S/C48H56F2N10/c1-30-12-14-39(34(5)52-30)47-41(49)25-38(26-42(47)50)57-19-16-36(17-20-57)59-22-21-58(29-32(59)3)37-13-15-43-46(27-37)60-18-10-8-7-9-11-45-40(28-51-56(45)6)44-24-35(23-31(2)53-44)33(4)54-48(60)55-43/h13,15,23-28,36,39,52H,1,3-5,7-12,14,16-22,29H2,2,6H3,(H,54,55)/t39-/m0/s1. The van der Waals surface area contributed by atoms with Crippen LogP contribution in [0.2, 0.25) is 0 Å². The Labute approximate surface area is 352 Å². The summed E-state index contributed by atoms with van der Waals surface area (Å²) in [5.74, 6) is -0.631. The fourth-order valence-corrected chi connectivity index (χ4v) is 9.87. The first-order chi connectivity index (χ1) is 29.0. The fourth-order valence-electron chi connectivity index (χ4n) is 9.87. The molecule has 5 aliphatic heterocycles. The Morgan fingerprint density at radius 1 is 0.783 bits per heavy atom. The molecule has 2 bridgehead atoms. The molecule has 7 heterocycles. The number of aryl methyl sites for hydroxylation is 2. The van der Waals surface area contributed by atoms with E-state index in [1.54, 1.807) is 0 Å². The second-order valence-electron chi connectivity index (χ2n) is 17.1. The molecular weight excluding hydrogens is 755 g/mol. The number of piperazine rings is 1. The molecule has 4 aromatic rings. The molecule has 312 valence electrons. The van der Waals surface area contributed by atoms with Gasteiger partial charge in [0, 0.05) is 108 Å². The number of nitrogens with one attached hydrogen (secondary N) is 2. The molecule has 60 heavy (non-hydrogen) atoms. The van der Waals surface area contributed by atoms with Gasteiger partial charge in [0.2, 0.25) is 5.96 Å². The highest BCUT2D eigenvalue weighted by molar-refractivity contribution is 6.16. The van der Waals surface area contributed by atoms with Crippen LogP contribution in [0.15, 0.2) is 97.1 Å². The molecule has 3 fully saturated rings. The van der Waals surface area contributed by atoms with Gasteiger partial charge in [-0.15, -0.1) is 0 Å². The molecular formula is C48H56F2N10. The van der Waals surface area contributed by atoms with Gasteiger partial charge in [-0.05, 0) is 94.3 Å². The number of piperidine rings is 2. The van der Waals surface area contributed by atoms with Gasteiger partial charge in [0.05, 0.1) is 35.5 Å². The summed E-state index contributed by atoms with van der Waals surface area (Å²) >= 11 is 0. The van der Waals surface area contributed by atoms with Gasteiger partial charge >= 0.3 is 0 Å². The maximum Gasteiger partial charge on any atom is 0.208 e. The summed E-state index contributed by atoms with van der Waals surface area (Å²) in [5.41, 5.74) is 12.3. The monoisotopic (exact) mass is 810 g/mol. The van der Waals surface area contributed by atoms with Gasteiger partial charge in [0.1, 0.15) is 11.6 Å². The van der Waals surface area contributed by atoms with Crippen molar-refractivity contribution in [2.24, 2.45) is 12.0 Å². The molecule has 2 aromatic heterocycles. The second-order valence-corrected chi connectivity index (χ2v) is 17.1. The van der Waals surface area contributed by atoms with E-state index in [1.807, 2.05) is 24.9 Å². The molecule has 2 aromatic carbocycles. The summed E-state index contributed by atoms with van der Waals surface area (Å²) in [7, 11) is 2.02. The predicted octanol–water partition coefficient (Wildman–Crippen LogP) is 9.24. The Hall–Kier alpha value is -5.91. The van der Waals surface area contributed by atoms with Crippen molar-refractivity contribution in [2.75, 3.05) is 59.3 Å². The quantitative estimate of drug-likeness (QED) is 0.211. The molecule has 2 N–H and O–H groups in total. The number of benzene rings is 2. The molecule has 0 aliphatic carbocycles. The van der Waals surface area contributed by atoms with Crippen molar-refractivity contribution in [3.8, 4) is 11.3 Å². The predicted molar refractivity (Wildman–Crippen MR) is 240 cm³/mol. The normalized spacial score (nSPS) is 21.3. The largest absolute Gasteiger partial charge is 0.371 e. The number of guanidine groups is 1. The number of pyridine rings is 1. The van der Waals surface area contributed by atoms with E-state index in [0.717, 1.165) is 141 Å². The van der Waals surface area contributed by atoms with Crippen molar-refractivity contribution >= 4 is 34.4 Å². The van der Waals surface area contributed by atoms with Gasteiger partial charge in [0.25, 0.3) is 0 Å². The average Bonchev–Trinajstić information content (AvgIpc) is 3.77. The van der Waals surface area contributed by atoms with Gasteiger partial charge in [0.15, 0.2) is 0 Å². The van der Waals surface area contributed by atoms with Crippen LogP contribution >= 0.6 is 0 Å². The lowest BCUT2D eigenvalue weighted by Gasteiger charge is -2.46. The maximum absolute atomic E-state index is 15.5. The van der Waals surface area contributed by atoms with E-state index in [-0.39, 0.29) is 5.56 Å². The molecule has 0 amide bonds. The van der Waals surface area contributed by atoms with Gasteiger partial charge in [-0.3, -0.25) is 9.67 Å². The summed E-state index contributed by atoms with van der Waals surface area (Å²) in [6.07, 6.45) is 10.3. The van der Waals surface area contributed by atoms with Crippen LogP contribution in [0.1, 0.15) is 79.8 Å². The maximum atomic E-state index is 15.5. The SMILES string of the molecule is C=C1CC[C@H](c2c(F)cc(N3CCC(N4CCN(c5ccc6c(c5)N5CCCCCCc7c(cnn7C)-c7cc(cc(C)n7)C(=C)/N=C/5N6)CC4=C)CC3)cc2F)C(=C)N1. The summed E-state index contributed by atoms with van der Waals surface area (Å²) in [6, 6.07) is 14.1. The third-order valence-corrected chi connectivity index (χ3v) is 13.1. The third kappa shape index (κ3) is 7.68. The van der Waals surface area contributed by atoms with Crippen molar-refractivity contribution in [3.05, 3.63) is 126 Å². The average molecular weight is 811 g/mol. The summed E-state index contributed by atoms with van der Waals surface area (Å²) < 4.78 is 33.0. The third-order valence-electron chi connectivity index (χ3n) is 13.1. The first kappa shape index (κ1) is 39.5. The number of halogens is 2. The number of hydrogen-bond donors (Lipinski definition) is 2. The summed E-state index contributed by atoms with van der Waals surface area (Å²) in [4.78, 5) is 19.3. The molecule has 1 atom stereocenters. The number of rotatable bonds is 4. The van der Waals surface area contributed by atoms with Crippen LogP contribution < -0.4 is 25.3 Å². The Morgan fingerprint density at radius 3 is 2.33 bits per heavy atom. The van der Waals surface area contributed by atoms with Crippen LogP contribution in [0.4, 0.5) is 31.5 Å². The minimum atomic E-state index is -0.509. The van der Waals surface area contributed by atoms with E-state index in [4.69, 9.17) is 9.98 Å². The Bertz CT molecular complexity index is 2380. The molecule has 3 saturated heterocycles. The van der Waals surface area contributed by atoms with E-state index < -0.39 is 17.6 Å². The summed E-state index contributed by atoms with van der Waals surface area (Å²) in [5, 5.41) is 11.3. The van der Waals surface area contributed by atoms with Crippen LogP contribution in [0.5, 0.6) is 0 Å². The minimum Gasteiger partial charge on any atom is -0.371 e. The lowest BCUT2D eigenvalue weighted by Crippen LogP contribution is -2.52. The van der Waals surface area contributed by atoms with Crippen molar-refractivity contribution in [2.45, 2.75) is 76.7 Å². The molecule has 10 nitrogen and oxygen atoms in total. The molecule has 0 saturated carbocycles. The molecule has 12 heteroatoms. The smallest absolute Gasteiger partial charge is 0.208 e. The number of nitrogens with zero attached hydrogens (tertiary/aromatic N) is 8. The second kappa shape index (κ2) is 16.3. The van der Waals surface area contributed by atoms with Crippen molar-refractivity contribution in [3.63, 3.8) is 0 Å². The van der Waals surface area contributed by atoms with Crippen LogP contribution in [0.25, 0.3) is 17.0 Å². The topological polar surface area (TPSA) is 80.1 Å². The van der Waals surface area contributed by atoms with Gasteiger partial charge in [-0.25, -0.2) is 13.8 Å². The van der Waals surface area contributed by atoms with Crippen LogP contribution in [0, 0.1) is 18.6 Å². The lowest BCUT2D eigenvalue weighted by atomic mass is 9.87. The van der Waals surface area contributed by atoms with Crippen LogP contribution in [-0.4, -0.2) is 70.9 Å². The zero-order valence-electron chi connectivity index (χ0n) is 35.0. The molecule has 0 unspecified atom stereocenters. The highest BCUT2D eigenvalue weighted by Crippen LogP contribution is 2.40. The highest BCUT2D eigenvalue weighted by atomic mass is 19.1. The van der Waals surface area contributed by atoms with Crippen molar-refractivity contribution in [1.29, 1.82) is 0 Å². The van der Waals surface area contributed by atoms with E-state index in [2.05, 4.69) is 92.0 Å². The number of anilines is 4. The first-order valence-electron chi connectivity index (χ1n) is 21.5. The number of aliphatic imine (C=N–C) groups is 1. The minimum absolute atomic E-state index is 0.0976. The van der Waals surface area contributed by atoms with Gasteiger partial charge < -0.3 is 30.2 Å².